The third-order valence-corrected chi connectivity index (χ3v) is 10.6. The van der Waals surface area contributed by atoms with Crippen molar-refractivity contribution in [2.75, 3.05) is 26.1 Å². The highest BCUT2D eigenvalue weighted by Crippen LogP contribution is 2.64. The number of fused-ring (bicyclic) bond motifs is 4. The fraction of sp³-hybridized carbons (Fsp3) is 0.550. The van der Waals surface area contributed by atoms with Crippen molar-refractivity contribution in [3.05, 3.63) is 45.8 Å². The highest BCUT2D eigenvalue weighted by molar-refractivity contribution is 8.52. The Morgan fingerprint density at radius 2 is 1.80 bits per heavy atom. The van der Waals surface area contributed by atoms with E-state index in [0.29, 0.717) is 0 Å². The van der Waals surface area contributed by atoms with Gasteiger partial charge in [-0.2, -0.15) is 0 Å². The molecule has 0 saturated carbocycles. The van der Waals surface area contributed by atoms with E-state index >= 15 is 8.78 Å². The number of phosphoric ester groups is 1. The number of imidazole rings is 1. The van der Waals surface area contributed by atoms with Gasteiger partial charge in [0.1, 0.15) is 47.9 Å². The number of nitrogens with two attached hydrogens (primary N) is 1. The van der Waals surface area contributed by atoms with Gasteiger partial charge in [0.25, 0.3) is 5.56 Å². The van der Waals surface area contributed by atoms with Gasteiger partial charge in [0.2, 0.25) is 0 Å². The molecule has 44 heavy (non-hydrogen) atoms. The predicted octanol–water partition coefficient (Wildman–Crippen LogP) is 0.750. The predicted molar refractivity (Wildman–Crippen MR) is 142 cm³/mol. The number of hydrogen-bond acceptors (Lipinski definition) is 16. The number of H-pyrrole nitrogens is 1. The molecule has 24 heteroatoms. The Kier molecular flexibility index (Phi) is 8.52. The zero-order chi connectivity index (χ0) is 31.4. The average Bonchev–Trinajstić information content (AvgIpc) is 3.61. The van der Waals surface area contributed by atoms with Crippen molar-refractivity contribution in [3.8, 4) is 0 Å². The van der Waals surface area contributed by atoms with Gasteiger partial charge in [-0.05, 0) is 0 Å². The summed E-state index contributed by atoms with van der Waals surface area (Å²) in [4.78, 5) is 48.4. The maximum absolute atomic E-state index is 15.9. The molecule has 2 bridgehead atoms. The molecule has 3 aliphatic rings. The summed E-state index contributed by atoms with van der Waals surface area (Å²) in [6.07, 6.45) is -11.4. The monoisotopic (exact) mass is 685 g/mol. The lowest BCUT2D eigenvalue weighted by Gasteiger charge is -2.26. The molecule has 3 fully saturated rings. The van der Waals surface area contributed by atoms with Crippen LogP contribution in [0.2, 0.25) is 0 Å². The van der Waals surface area contributed by atoms with E-state index < -0.39 is 88.3 Å². The second-order valence-electron chi connectivity index (χ2n) is 9.51. The minimum Gasteiger partial charge on any atom is -0.382 e. The summed E-state index contributed by atoms with van der Waals surface area (Å²) in [6.45, 7) is -6.35. The molecule has 0 aromatic carbocycles. The highest BCUT2D eigenvalue weighted by Gasteiger charge is 2.55. The van der Waals surface area contributed by atoms with Crippen LogP contribution in [0.1, 0.15) is 12.5 Å². The lowest BCUT2D eigenvalue weighted by Crippen LogP contribution is -2.37. The van der Waals surface area contributed by atoms with E-state index in [1.165, 1.54) is 0 Å². The number of ether oxygens (including phenoxy) is 2. The van der Waals surface area contributed by atoms with Crippen LogP contribution in [0.5, 0.6) is 0 Å². The van der Waals surface area contributed by atoms with Crippen LogP contribution in [0.4, 0.5) is 14.6 Å². The number of halogens is 2. The molecule has 19 nitrogen and oxygen atoms in total. The first-order valence-electron chi connectivity index (χ1n) is 12.5. The fourth-order valence-electron chi connectivity index (χ4n) is 4.85. The first-order valence-corrected chi connectivity index (χ1v) is 16.9. The van der Waals surface area contributed by atoms with Crippen LogP contribution in [-0.2, 0) is 40.9 Å². The van der Waals surface area contributed by atoms with E-state index in [9.17, 15) is 23.6 Å². The van der Waals surface area contributed by atoms with E-state index in [4.69, 9.17) is 37.5 Å². The Morgan fingerprint density at radius 3 is 2.55 bits per heavy atom. The van der Waals surface area contributed by atoms with Gasteiger partial charge in [-0.3, -0.25) is 37.0 Å². The Bertz CT molecular complexity index is 1760. The number of aromatic nitrogens is 6. The Hall–Kier alpha value is -2.62. The third kappa shape index (κ3) is 5.87. The molecule has 3 aromatic heterocycles. The lowest BCUT2D eigenvalue weighted by molar-refractivity contribution is -0.0636. The Morgan fingerprint density at radius 1 is 1.05 bits per heavy atom. The molecule has 6 heterocycles. The minimum atomic E-state index is -5.18. The number of nitrogen functional groups attached to an aromatic ring is 1. The fourth-order valence-corrected chi connectivity index (χ4v) is 8.24. The number of alkyl halides is 2. The van der Waals surface area contributed by atoms with Crippen molar-refractivity contribution in [2.45, 2.75) is 49.2 Å². The van der Waals surface area contributed by atoms with E-state index in [1.807, 2.05) is 4.98 Å². The number of anilines is 1. The van der Waals surface area contributed by atoms with Gasteiger partial charge in [0.05, 0.1) is 26.7 Å². The van der Waals surface area contributed by atoms with E-state index in [-0.39, 0.29) is 28.6 Å². The first kappa shape index (κ1) is 31.4. The van der Waals surface area contributed by atoms with Crippen molar-refractivity contribution >= 4 is 43.3 Å². The van der Waals surface area contributed by atoms with Gasteiger partial charge in [-0.15, -0.1) is 0 Å². The van der Waals surface area contributed by atoms with Crippen molar-refractivity contribution in [2.24, 2.45) is 0 Å². The van der Waals surface area contributed by atoms with Gasteiger partial charge in [-0.25, -0.2) is 37.7 Å². The van der Waals surface area contributed by atoms with Crippen LogP contribution in [0.15, 0.2) is 34.5 Å². The van der Waals surface area contributed by atoms with Gasteiger partial charge in [0.15, 0.2) is 36.3 Å². The summed E-state index contributed by atoms with van der Waals surface area (Å²) in [5, 5.41) is 0. The van der Waals surface area contributed by atoms with Crippen LogP contribution in [-0.4, -0.2) is 91.0 Å². The SMILES string of the molecule is COSP1(=O)OC[C@H]2O[C@@H](n3cnc4c(N)ncnc43)[C@H](F)[C@@H]2OP(=O)(O)OC[C@H]2O[C@@H](n3ccc(=O)[nH]c3=O)[C@H](O1)[C@@H]2F. The Balaban J connectivity index is 1.34. The highest BCUT2D eigenvalue weighted by atomic mass is 32.7. The molecule has 4 N–H and O–H groups in total. The quantitative estimate of drug-likeness (QED) is 0.253. The zero-order valence-electron chi connectivity index (χ0n) is 22.2. The maximum Gasteiger partial charge on any atom is 0.472 e. The topological polar surface area (TPSA) is 243 Å². The summed E-state index contributed by atoms with van der Waals surface area (Å²) in [5.41, 5.74) is 4.21. The molecule has 0 aliphatic carbocycles. The van der Waals surface area contributed by atoms with E-state index in [0.717, 1.165) is 41.2 Å². The van der Waals surface area contributed by atoms with Gasteiger partial charge >= 0.3 is 20.3 Å². The normalized spacial score (nSPS) is 38.1. The number of aromatic amines is 1. The average molecular weight is 685 g/mol. The number of hydrogen-bond donors (Lipinski definition) is 3. The van der Waals surface area contributed by atoms with Gasteiger partial charge in [-0.1, -0.05) is 0 Å². The molecule has 3 aliphatic heterocycles. The van der Waals surface area contributed by atoms with Crippen LogP contribution >= 0.6 is 26.3 Å². The lowest BCUT2D eigenvalue weighted by atomic mass is 10.1. The zero-order valence-corrected chi connectivity index (χ0v) is 24.8. The van der Waals surface area contributed by atoms with E-state index in [2.05, 4.69) is 15.0 Å². The Labute approximate surface area is 248 Å². The van der Waals surface area contributed by atoms with Crippen LogP contribution in [0, 0.1) is 0 Å². The molecule has 3 saturated heterocycles. The van der Waals surface area contributed by atoms with Gasteiger partial charge in [0, 0.05) is 12.3 Å². The summed E-state index contributed by atoms with van der Waals surface area (Å²) in [5.74, 6) is -0.00215. The van der Waals surface area contributed by atoms with Crippen molar-refractivity contribution in [1.29, 1.82) is 0 Å². The summed E-state index contributed by atoms with van der Waals surface area (Å²) in [7, 11) is -4.07. The van der Waals surface area contributed by atoms with Crippen LogP contribution in [0.25, 0.3) is 11.2 Å². The number of nitrogens with one attached hydrogen (secondary N) is 1. The first-order chi connectivity index (χ1) is 20.9. The van der Waals surface area contributed by atoms with Crippen LogP contribution in [0.3, 0.4) is 0 Å². The molecule has 0 amide bonds. The van der Waals surface area contributed by atoms with Crippen molar-refractivity contribution < 1.29 is 54.6 Å². The number of nitrogens with zero attached hydrogens (tertiary/aromatic N) is 5. The van der Waals surface area contributed by atoms with E-state index in [1.54, 1.807) is 0 Å². The second-order valence-corrected chi connectivity index (χ2v) is 14.5. The standard InChI is InChI=1S/C20H23F2N7O12P2S/c1-35-44-43(34)37-5-9-14(12(22)18(39-9)29-7-26-13-16(23)24-6-25-17(13)29)40-42(32,33)36-4-8-11(21)15(41-43)19(38-8)28-3-2-10(30)27-20(28)31/h2-3,6-9,11-12,14-15,18-19H,4-5H2,1H3,(H,32,33)(H2,23,24,25)(H,27,30,31)/t8-,9-,11-,12-,14-,15-,18-,19-,43?/m1/s1. The maximum atomic E-state index is 15.9. The largest absolute Gasteiger partial charge is 0.472 e. The molecular formula is C20H23F2N7O12P2S. The van der Waals surface area contributed by atoms with Crippen molar-refractivity contribution in [1.82, 2.24) is 29.1 Å². The smallest absolute Gasteiger partial charge is 0.382 e. The molecule has 6 rings (SSSR count). The molecule has 3 aromatic rings. The van der Waals surface area contributed by atoms with Gasteiger partial charge < -0.3 is 24.3 Å². The molecule has 10 atom stereocenters. The number of rotatable bonds is 4. The summed E-state index contributed by atoms with van der Waals surface area (Å²) >= 11 is 0.163. The second kappa shape index (κ2) is 12.0. The molecule has 240 valence electrons. The molecule has 0 radical (unpaired) electrons. The molecule has 2 unspecified atom stereocenters. The van der Waals surface area contributed by atoms with Crippen molar-refractivity contribution in [3.63, 3.8) is 0 Å². The third-order valence-electron chi connectivity index (χ3n) is 6.79. The van der Waals surface area contributed by atoms with Crippen LogP contribution < -0.4 is 17.0 Å². The minimum absolute atomic E-state index is 0.00215. The summed E-state index contributed by atoms with van der Waals surface area (Å²) < 4.78 is 97.6. The molecule has 0 spiro atoms. The summed E-state index contributed by atoms with van der Waals surface area (Å²) in [6, 6.07) is 0.943. The molecular weight excluding hydrogens is 662 g/mol. The number of phosphoric acid groups is 1.